The lowest BCUT2D eigenvalue weighted by Gasteiger charge is -2.26. The molecule has 1 aliphatic rings. The number of nitrogens with zero attached hydrogens (tertiary/aromatic N) is 2. The third-order valence-corrected chi connectivity index (χ3v) is 10.2. The molecule has 1 amide bonds. The summed E-state index contributed by atoms with van der Waals surface area (Å²) < 4.78 is 66.2. The average Bonchev–Trinajstić information content (AvgIpc) is 2.97. The minimum absolute atomic E-state index is 0.0121. The predicted octanol–water partition coefficient (Wildman–Crippen LogP) is 2.53. The molecule has 0 bridgehead atoms. The summed E-state index contributed by atoms with van der Waals surface area (Å²) in [5.41, 5.74) is 2.14. The van der Waals surface area contributed by atoms with Crippen LogP contribution in [0.1, 0.15) is 16.7 Å². The molecule has 1 aliphatic heterocycles. The van der Waals surface area contributed by atoms with E-state index in [0.717, 1.165) is 15.4 Å². The molecular formula is C28H33N3O7S2. The Hall–Kier alpha value is -3.29. The van der Waals surface area contributed by atoms with E-state index in [4.69, 9.17) is 9.47 Å². The number of hydrogen-bond acceptors (Lipinski definition) is 7. The van der Waals surface area contributed by atoms with E-state index in [2.05, 4.69) is 5.32 Å². The molecule has 10 nitrogen and oxygen atoms in total. The molecule has 1 heterocycles. The smallest absolute Gasteiger partial charge is 0.247 e. The molecule has 0 spiro atoms. The van der Waals surface area contributed by atoms with Crippen LogP contribution in [0.5, 0.6) is 5.75 Å². The second-order valence-electron chi connectivity index (χ2n) is 9.35. The molecule has 0 atom stereocenters. The molecule has 214 valence electrons. The van der Waals surface area contributed by atoms with Gasteiger partial charge in [-0.15, -0.1) is 0 Å². The van der Waals surface area contributed by atoms with Crippen molar-refractivity contribution in [1.82, 2.24) is 13.9 Å². The van der Waals surface area contributed by atoms with E-state index in [1.54, 1.807) is 55.5 Å². The Morgan fingerprint density at radius 1 is 0.950 bits per heavy atom. The van der Waals surface area contributed by atoms with Crippen molar-refractivity contribution in [3.05, 3.63) is 89.5 Å². The number of sulfonamides is 2. The molecular weight excluding hydrogens is 554 g/mol. The molecule has 0 unspecified atom stereocenters. The number of carbonyl (C=O) groups excluding carboxylic acids is 1. The Bertz CT molecular complexity index is 1520. The summed E-state index contributed by atoms with van der Waals surface area (Å²) in [4.78, 5) is 13.1. The predicted molar refractivity (Wildman–Crippen MR) is 150 cm³/mol. The number of morpholine rings is 1. The highest BCUT2D eigenvalue weighted by molar-refractivity contribution is 7.89. The van der Waals surface area contributed by atoms with E-state index >= 15 is 0 Å². The van der Waals surface area contributed by atoms with Gasteiger partial charge in [-0.05, 0) is 47.9 Å². The Morgan fingerprint density at radius 3 is 2.27 bits per heavy atom. The van der Waals surface area contributed by atoms with Gasteiger partial charge in [0.25, 0.3) is 0 Å². The van der Waals surface area contributed by atoms with Crippen molar-refractivity contribution in [3.8, 4) is 5.75 Å². The first kappa shape index (κ1) is 29.7. The third-order valence-electron chi connectivity index (χ3n) is 6.48. The summed E-state index contributed by atoms with van der Waals surface area (Å²) in [6.07, 6.45) is 0. The number of amides is 1. The highest BCUT2D eigenvalue weighted by Gasteiger charge is 2.30. The molecule has 1 saturated heterocycles. The highest BCUT2D eigenvalue weighted by Crippen LogP contribution is 2.28. The Labute approximate surface area is 235 Å². The zero-order valence-electron chi connectivity index (χ0n) is 22.4. The maximum Gasteiger partial charge on any atom is 0.247 e. The molecule has 3 aromatic rings. The van der Waals surface area contributed by atoms with Crippen molar-refractivity contribution in [2.24, 2.45) is 0 Å². The fourth-order valence-corrected chi connectivity index (χ4v) is 7.30. The highest BCUT2D eigenvalue weighted by atomic mass is 32.2. The third kappa shape index (κ3) is 7.07. The van der Waals surface area contributed by atoms with Crippen LogP contribution >= 0.6 is 0 Å². The number of benzene rings is 3. The summed E-state index contributed by atoms with van der Waals surface area (Å²) in [7, 11) is -6.33. The molecule has 0 aliphatic carbocycles. The molecule has 4 rings (SSSR count). The van der Waals surface area contributed by atoms with Crippen molar-refractivity contribution in [3.63, 3.8) is 0 Å². The van der Waals surface area contributed by atoms with Gasteiger partial charge in [0.2, 0.25) is 26.0 Å². The van der Waals surface area contributed by atoms with Gasteiger partial charge < -0.3 is 14.8 Å². The molecule has 12 heteroatoms. The normalized spacial score (nSPS) is 14.7. The van der Waals surface area contributed by atoms with E-state index in [9.17, 15) is 21.6 Å². The summed E-state index contributed by atoms with van der Waals surface area (Å²) >= 11 is 0. The van der Waals surface area contributed by atoms with Crippen molar-refractivity contribution >= 4 is 26.0 Å². The van der Waals surface area contributed by atoms with Crippen molar-refractivity contribution < 1.29 is 31.1 Å². The van der Waals surface area contributed by atoms with Gasteiger partial charge in [0, 0.05) is 26.2 Å². The summed E-state index contributed by atoms with van der Waals surface area (Å²) in [5, 5.41) is 2.75. The Balaban J connectivity index is 1.48. The topological polar surface area (TPSA) is 122 Å². The van der Waals surface area contributed by atoms with Gasteiger partial charge in [0.05, 0.1) is 31.8 Å². The van der Waals surface area contributed by atoms with Crippen molar-refractivity contribution in [2.45, 2.75) is 29.8 Å². The summed E-state index contributed by atoms with van der Waals surface area (Å²) in [6.45, 7) is 2.77. The van der Waals surface area contributed by atoms with Crippen LogP contribution in [0, 0.1) is 6.92 Å². The van der Waals surface area contributed by atoms with E-state index < -0.39 is 32.5 Å². The van der Waals surface area contributed by atoms with Gasteiger partial charge >= 0.3 is 0 Å². The van der Waals surface area contributed by atoms with Crippen LogP contribution in [0.4, 0.5) is 0 Å². The maximum atomic E-state index is 13.7. The first-order valence-electron chi connectivity index (χ1n) is 12.7. The standard InChI is InChI=1S/C28H33N3O7S2/c1-22-8-13-26(37-2)27(18-22)40(35,36)31(20-24-6-4-3-5-7-24)21-28(32)29-19-23-9-11-25(12-10-23)39(33,34)30-14-16-38-17-15-30/h3-13,18H,14-17,19-21H2,1-2H3,(H,29,32). The van der Waals surface area contributed by atoms with Gasteiger partial charge in [0.15, 0.2) is 0 Å². The Morgan fingerprint density at radius 2 is 1.62 bits per heavy atom. The zero-order valence-corrected chi connectivity index (χ0v) is 24.1. The zero-order chi connectivity index (χ0) is 28.8. The molecule has 1 fully saturated rings. The lowest BCUT2D eigenvalue weighted by atomic mass is 10.2. The van der Waals surface area contributed by atoms with Crippen LogP contribution in [0.3, 0.4) is 0 Å². The number of aryl methyl sites for hydroxylation is 1. The number of nitrogens with one attached hydrogen (secondary N) is 1. The molecule has 0 radical (unpaired) electrons. The Kier molecular flexibility index (Phi) is 9.59. The lowest BCUT2D eigenvalue weighted by molar-refractivity contribution is -0.121. The molecule has 0 aromatic heterocycles. The monoisotopic (exact) mass is 587 g/mol. The second-order valence-corrected chi connectivity index (χ2v) is 13.2. The van der Waals surface area contributed by atoms with Crippen LogP contribution < -0.4 is 10.1 Å². The van der Waals surface area contributed by atoms with Crippen LogP contribution in [-0.4, -0.2) is 71.3 Å². The van der Waals surface area contributed by atoms with E-state index in [-0.39, 0.29) is 28.6 Å². The first-order chi connectivity index (χ1) is 19.1. The summed E-state index contributed by atoms with van der Waals surface area (Å²) in [5.74, 6) is -0.313. The fraction of sp³-hybridized carbons (Fsp3) is 0.321. The van der Waals surface area contributed by atoms with Crippen molar-refractivity contribution in [1.29, 1.82) is 0 Å². The average molecular weight is 588 g/mol. The van der Waals surface area contributed by atoms with E-state index in [1.807, 2.05) is 6.07 Å². The molecule has 0 saturated carbocycles. The van der Waals surface area contributed by atoms with Crippen LogP contribution in [-0.2, 0) is 42.7 Å². The number of carbonyl (C=O) groups is 1. The number of hydrogen-bond donors (Lipinski definition) is 1. The SMILES string of the molecule is COc1ccc(C)cc1S(=O)(=O)N(CC(=O)NCc1ccc(S(=O)(=O)N2CCOCC2)cc1)Cc1ccccc1. The quantitative estimate of drug-likeness (QED) is 0.366. The molecule has 40 heavy (non-hydrogen) atoms. The van der Waals surface area contributed by atoms with Crippen LogP contribution in [0.15, 0.2) is 82.6 Å². The first-order valence-corrected chi connectivity index (χ1v) is 15.6. The second kappa shape index (κ2) is 12.9. The number of methoxy groups -OCH3 is 1. The van der Waals surface area contributed by atoms with Gasteiger partial charge in [0.1, 0.15) is 10.6 Å². The summed E-state index contributed by atoms with van der Waals surface area (Å²) in [6, 6.07) is 20.1. The largest absolute Gasteiger partial charge is 0.495 e. The minimum Gasteiger partial charge on any atom is -0.495 e. The van der Waals surface area contributed by atoms with Gasteiger partial charge in [-0.2, -0.15) is 8.61 Å². The van der Waals surface area contributed by atoms with Gasteiger partial charge in [-0.3, -0.25) is 4.79 Å². The fourth-order valence-electron chi connectivity index (χ4n) is 4.27. The number of rotatable bonds is 11. The molecule has 1 N–H and O–H groups in total. The lowest BCUT2D eigenvalue weighted by Crippen LogP contribution is -2.40. The van der Waals surface area contributed by atoms with E-state index in [1.165, 1.54) is 29.6 Å². The maximum absolute atomic E-state index is 13.7. The van der Waals surface area contributed by atoms with E-state index in [0.29, 0.717) is 31.9 Å². The van der Waals surface area contributed by atoms with Crippen molar-refractivity contribution in [2.75, 3.05) is 40.0 Å². The van der Waals surface area contributed by atoms with Crippen LogP contribution in [0.2, 0.25) is 0 Å². The van der Waals surface area contributed by atoms with Gasteiger partial charge in [-0.25, -0.2) is 16.8 Å². The van der Waals surface area contributed by atoms with Gasteiger partial charge in [-0.1, -0.05) is 48.5 Å². The minimum atomic E-state index is -4.11. The molecule has 3 aromatic carbocycles. The number of ether oxygens (including phenoxy) is 2. The van der Waals surface area contributed by atoms with Crippen LogP contribution in [0.25, 0.3) is 0 Å².